The summed E-state index contributed by atoms with van der Waals surface area (Å²) >= 11 is 12.3. The van der Waals surface area contributed by atoms with Gasteiger partial charge in [-0.25, -0.2) is 0 Å². The summed E-state index contributed by atoms with van der Waals surface area (Å²) in [5.74, 6) is 2.08. The zero-order chi connectivity index (χ0) is 24.8. The van der Waals surface area contributed by atoms with E-state index < -0.39 is 0 Å². The van der Waals surface area contributed by atoms with E-state index >= 15 is 0 Å². The van der Waals surface area contributed by atoms with E-state index in [9.17, 15) is 9.90 Å². The molecule has 2 aromatic rings. The second-order valence-electron chi connectivity index (χ2n) is 11.6. The molecule has 2 saturated carbocycles. The van der Waals surface area contributed by atoms with Crippen LogP contribution < -0.4 is 4.74 Å². The van der Waals surface area contributed by atoms with Crippen molar-refractivity contribution in [3.8, 4) is 5.75 Å². The van der Waals surface area contributed by atoms with Gasteiger partial charge in [-0.2, -0.15) is 0 Å². The van der Waals surface area contributed by atoms with E-state index in [2.05, 4.69) is 23.1 Å². The first-order valence-electron chi connectivity index (χ1n) is 13.3. The summed E-state index contributed by atoms with van der Waals surface area (Å²) in [6.45, 7) is 2.04. The van der Waals surface area contributed by atoms with Crippen molar-refractivity contribution in [2.24, 2.45) is 11.8 Å². The lowest BCUT2D eigenvalue weighted by Gasteiger charge is -2.60. The number of rotatable bonds is 5. The summed E-state index contributed by atoms with van der Waals surface area (Å²) in [6.07, 6.45) is 5.26. The van der Waals surface area contributed by atoms with Gasteiger partial charge in [-0.05, 0) is 73.9 Å². The van der Waals surface area contributed by atoms with Gasteiger partial charge in [0.15, 0.2) is 0 Å². The van der Waals surface area contributed by atoms with Crippen molar-refractivity contribution in [2.75, 3.05) is 20.1 Å². The summed E-state index contributed by atoms with van der Waals surface area (Å²) in [7, 11) is 1.94. The molecule has 0 aromatic heterocycles. The average molecular weight is 527 g/mol. The van der Waals surface area contributed by atoms with Crippen molar-refractivity contribution in [3.05, 3.63) is 63.1 Å². The van der Waals surface area contributed by atoms with E-state index in [0.29, 0.717) is 34.3 Å². The second kappa shape index (κ2) is 8.36. The van der Waals surface area contributed by atoms with Crippen LogP contribution in [-0.2, 0) is 23.1 Å². The van der Waals surface area contributed by atoms with E-state index in [1.165, 1.54) is 11.1 Å². The van der Waals surface area contributed by atoms with Crippen LogP contribution in [0.4, 0.5) is 0 Å². The van der Waals surface area contributed by atoms with Crippen LogP contribution in [0.15, 0.2) is 36.4 Å². The van der Waals surface area contributed by atoms with Gasteiger partial charge in [-0.3, -0.25) is 9.69 Å². The third-order valence-electron chi connectivity index (χ3n) is 9.88. The number of benzene rings is 2. The van der Waals surface area contributed by atoms with Gasteiger partial charge in [-0.15, -0.1) is 0 Å². The monoisotopic (exact) mass is 526 g/mol. The first kappa shape index (κ1) is 23.3. The highest BCUT2D eigenvalue weighted by atomic mass is 35.5. The number of carbonyl (C=O) groups excluding carboxylic acids is 1. The summed E-state index contributed by atoms with van der Waals surface area (Å²) in [4.78, 5) is 18.1. The van der Waals surface area contributed by atoms with Gasteiger partial charge in [0.2, 0.25) is 5.91 Å². The minimum Gasteiger partial charge on any atom is -0.487 e. The Morgan fingerprint density at radius 1 is 1.22 bits per heavy atom. The summed E-state index contributed by atoms with van der Waals surface area (Å²) in [6, 6.07) is 12.5. The quantitative estimate of drug-likeness (QED) is 0.623. The van der Waals surface area contributed by atoms with Crippen molar-refractivity contribution < 1.29 is 14.6 Å². The van der Waals surface area contributed by atoms with E-state index in [1.54, 1.807) is 12.1 Å². The Kier molecular flexibility index (Phi) is 5.42. The number of aliphatic hydroxyl groups is 1. The smallest absolute Gasteiger partial charge is 0.227 e. The lowest BCUT2D eigenvalue weighted by Crippen LogP contribution is -2.69. The Morgan fingerprint density at radius 3 is 2.83 bits per heavy atom. The molecule has 2 aromatic carbocycles. The fraction of sp³-hybridized carbons (Fsp3) is 0.552. The number of hydrogen-bond acceptors (Lipinski definition) is 4. The van der Waals surface area contributed by atoms with Crippen molar-refractivity contribution in [2.45, 2.75) is 68.2 Å². The van der Waals surface area contributed by atoms with Crippen LogP contribution in [0.25, 0.3) is 0 Å². The molecule has 36 heavy (non-hydrogen) atoms. The number of likely N-dealkylation sites (N-methyl/N-ethyl adjacent to an activating group) is 1. The molecule has 1 N–H and O–H groups in total. The highest BCUT2D eigenvalue weighted by Crippen LogP contribution is 2.62. The molecule has 0 radical (unpaired) electrons. The molecule has 7 rings (SSSR count). The van der Waals surface area contributed by atoms with Gasteiger partial charge in [0.1, 0.15) is 11.9 Å². The van der Waals surface area contributed by atoms with E-state index in [4.69, 9.17) is 27.9 Å². The van der Waals surface area contributed by atoms with E-state index in [1.807, 2.05) is 18.0 Å². The Morgan fingerprint density at radius 2 is 2.06 bits per heavy atom. The molecule has 3 fully saturated rings. The molecule has 7 atom stereocenters. The lowest BCUT2D eigenvalue weighted by molar-refractivity contribution is -0.139. The fourth-order valence-corrected chi connectivity index (χ4v) is 8.38. The number of ether oxygens (including phenoxy) is 1. The molecule has 190 valence electrons. The molecule has 5 aliphatic rings. The topological polar surface area (TPSA) is 53.0 Å². The molecule has 2 bridgehead atoms. The third-order valence-corrected chi connectivity index (χ3v) is 10.6. The highest BCUT2D eigenvalue weighted by Gasteiger charge is 2.66. The van der Waals surface area contributed by atoms with Crippen molar-refractivity contribution in [1.82, 2.24) is 9.80 Å². The van der Waals surface area contributed by atoms with Gasteiger partial charge < -0.3 is 14.7 Å². The van der Waals surface area contributed by atoms with E-state index in [0.717, 1.165) is 56.5 Å². The SMILES string of the molecule is CN(C(=O)Cc1ccc(Cl)c(Cl)c1)[C@@H]1CC[C@H]2[C@H]3Cc4cccc5c4[C@@]2(CCN3CC2CC2O)[C@H]1O5. The number of amides is 1. The number of aliphatic hydroxyl groups excluding tert-OH is 1. The molecule has 3 aliphatic carbocycles. The molecule has 7 heteroatoms. The molecular weight excluding hydrogens is 495 g/mol. The van der Waals surface area contributed by atoms with Gasteiger partial charge in [0, 0.05) is 36.5 Å². The van der Waals surface area contributed by atoms with Crippen molar-refractivity contribution >= 4 is 29.1 Å². The summed E-state index contributed by atoms with van der Waals surface area (Å²) in [5.41, 5.74) is 3.69. The predicted molar refractivity (Wildman–Crippen MR) is 140 cm³/mol. The highest BCUT2D eigenvalue weighted by molar-refractivity contribution is 6.42. The largest absolute Gasteiger partial charge is 0.487 e. The Hall–Kier alpha value is -1.79. The van der Waals surface area contributed by atoms with Crippen LogP contribution in [-0.4, -0.2) is 65.2 Å². The van der Waals surface area contributed by atoms with Gasteiger partial charge in [-0.1, -0.05) is 41.4 Å². The van der Waals surface area contributed by atoms with Crippen LogP contribution in [0.1, 0.15) is 42.4 Å². The van der Waals surface area contributed by atoms with Crippen LogP contribution in [0.2, 0.25) is 10.0 Å². The first-order valence-corrected chi connectivity index (χ1v) is 14.0. The molecule has 1 amide bonds. The van der Waals surface area contributed by atoms with Gasteiger partial charge in [0.25, 0.3) is 0 Å². The zero-order valence-electron chi connectivity index (χ0n) is 20.5. The van der Waals surface area contributed by atoms with Crippen LogP contribution in [0.5, 0.6) is 5.75 Å². The van der Waals surface area contributed by atoms with Crippen molar-refractivity contribution in [3.63, 3.8) is 0 Å². The molecule has 1 saturated heterocycles. The summed E-state index contributed by atoms with van der Waals surface area (Å²) in [5, 5.41) is 11.0. The average Bonchev–Trinajstić information content (AvgIpc) is 3.45. The molecular formula is C29H32Cl2N2O3. The van der Waals surface area contributed by atoms with Crippen molar-refractivity contribution in [1.29, 1.82) is 0 Å². The minimum atomic E-state index is -0.114. The van der Waals surface area contributed by atoms with Crippen LogP contribution >= 0.6 is 23.2 Å². The fourth-order valence-electron chi connectivity index (χ4n) is 8.06. The second-order valence-corrected chi connectivity index (χ2v) is 12.4. The third kappa shape index (κ3) is 3.39. The number of carbonyl (C=O) groups is 1. The molecule has 1 spiro atoms. The predicted octanol–water partition coefficient (Wildman–Crippen LogP) is 4.48. The Balaban J connectivity index is 1.19. The zero-order valence-corrected chi connectivity index (χ0v) is 22.0. The molecule has 2 heterocycles. The first-order chi connectivity index (χ1) is 17.4. The molecule has 2 unspecified atom stereocenters. The number of halogens is 2. The number of piperidine rings is 1. The lowest BCUT2D eigenvalue weighted by atomic mass is 9.51. The Bertz CT molecular complexity index is 1240. The maximum atomic E-state index is 13.5. The molecule has 5 nitrogen and oxygen atoms in total. The van der Waals surface area contributed by atoms with Crippen LogP contribution in [0.3, 0.4) is 0 Å². The molecule has 2 aliphatic heterocycles. The maximum absolute atomic E-state index is 13.5. The van der Waals surface area contributed by atoms with Gasteiger partial charge >= 0.3 is 0 Å². The Labute approximate surface area is 222 Å². The standard InChI is InChI=1S/C29H32Cl2N2O3/c1-32(26(35)12-16-5-7-20(30)21(31)11-16)22-8-6-19-23-13-17-3-2-4-25-27(17)29(19,28(22)36-25)9-10-33(23)15-18-14-24(18)34/h2-5,7,11,18-19,22-24,28,34H,6,8-10,12-15H2,1H3/t18?,19-,22+,23+,24?,28-,29-/m0/s1. The number of likely N-dealkylation sites (tertiary alicyclic amines) is 1. The number of hydrogen-bond donors (Lipinski definition) is 1. The van der Waals surface area contributed by atoms with Crippen LogP contribution in [0, 0.1) is 11.8 Å². The summed E-state index contributed by atoms with van der Waals surface area (Å²) < 4.78 is 6.80. The minimum absolute atomic E-state index is 0.0216. The normalized spacial score (nSPS) is 35.7. The maximum Gasteiger partial charge on any atom is 0.227 e. The van der Waals surface area contributed by atoms with Gasteiger partial charge in [0.05, 0.1) is 28.6 Å². The number of nitrogens with zero attached hydrogens (tertiary/aromatic N) is 2. The van der Waals surface area contributed by atoms with E-state index in [-0.39, 0.29) is 29.6 Å².